The first-order valence-electron chi connectivity index (χ1n) is 14.2. The van der Waals surface area contributed by atoms with Gasteiger partial charge in [0.05, 0.1) is 6.04 Å². The first kappa shape index (κ1) is 30.6. The summed E-state index contributed by atoms with van der Waals surface area (Å²) in [7, 11) is 0. The van der Waals surface area contributed by atoms with E-state index < -0.39 is 41.8 Å². The molecule has 2 saturated carbocycles. The van der Waals surface area contributed by atoms with Crippen LogP contribution in [0.25, 0.3) is 0 Å². The van der Waals surface area contributed by atoms with Gasteiger partial charge in [0.2, 0.25) is 17.6 Å². The predicted molar refractivity (Wildman–Crippen MR) is 141 cm³/mol. The third-order valence-corrected chi connectivity index (χ3v) is 7.60. The molecule has 5 amide bonds. The maximum absolute atomic E-state index is 13.7. The van der Waals surface area contributed by atoms with Crippen LogP contribution in [0.4, 0.5) is 4.79 Å². The molecule has 10 heteroatoms. The molecule has 210 valence electrons. The highest BCUT2D eigenvalue weighted by Crippen LogP contribution is 2.31. The van der Waals surface area contributed by atoms with E-state index in [9.17, 15) is 24.0 Å². The minimum atomic E-state index is -1.06. The molecule has 5 N–H and O–H groups in total. The topological polar surface area (TPSA) is 151 Å². The van der Waals surface area contributed by atoms with Gasteiger partial charge in [0, 0.05) is 12.6 Å². The molecule has 0 aromatic rings. The Kier molecular flexibility index (Phi) is 12.3. The second-order valence-corrected chi connectivity index (χ2v) is 10.7. The summed E-state index contributed by atoms with van der Waals surface area (Å²) in [6, 6.07) is -2.88. The van der Waals surface area contributed by atoms with Crippen LogP contribution in [0, 0.1) is 11.8 Å². The van der Waals surface area contributed by atoms with Gasteiger partial charge in [0.1, 0.15) is 12.1 Å². The molecule has 0 spiro atoms. The smallest absolute Gasteiger partial charge is 0.315 e. The number of carbonyl (C=O) groups excluding carboxylic acids is 5. The van der Waals surface area contributed by atoms with E-state index in [1.54, 1.807) is 4.90 Å². The number of amides is 5. The van der Waals surface area contributed by atoms with Gasteiger partial charge >= 0.3 is 6.03 Å². The van der Waals surface area contributed by atoms with Crippen LogP contribution in [0.1, 0.15) is 98.3 Å². The van der Waals surface area contributed by atoms with Crippen molar-refractivity contribution >= 4 is 29.5 Å². The van der Waals surface area contributed by atoms with Gasteiger partial charge in [-0.15, -0.1) is 0 Å². The van der Waals surface area contributed by atoms with Crippen molar-refractivity contribution in [3.8, 4) is 0 Å². The normalized spacial score (nSPS) is 21.6. The Labute approximate surface area is 221 Å². The average Bonchev–Trinajstić information content (AvgIpc) is 3.34. The molecule has 0 aromatic heterocycles. The van der Waals surface area contributed by atoms with Gasteiger partial charge in [-0.2, -0.15) is 0 Å². The summed E-state index contributed by atoms with van der Waals surface area (Å²) < 4.78 is 0. The molecule has 3 rings (SSSR count). The maximum atomic E-state index is 13.7. The molecule has 3 aliphatic rings. The van der Waals surface area contributed by atoms with Crippen molar-refractivity contribution in [3.05, 3.63) is 0 Å². The van der Waals surface area contributed by atoms with Gasteiger partial charge in [-0.25, -0.2) is 4.79 Å². The monoisotopic (exact) mass is 521 g/mol. The number of nitrogens with two attached hydrogens (primary N) is 1. The van der Waals surface area contributed by atoms with Crippen LogP contribution < -0.4 is 21.7 Å². The number of nitrogens with one attached hydrogen (secondary N) is 3. The van der Waals surface area contributed by atoms with Crippen LogP contribution >= 0.6 is 0 Å². The summed E-state index contributed by atoms with van der Waals surface area (Å²) in [4.78, 5) is 64.9. The Morgan fingerprint density at radius 2 is 1.49 bits per heavy atom. The molecule has 3 unspecified atom stereocenters. The summed E-state index contributed by atoms with van der Waals surface area (Å²) >= 11 is 0. The van der Waals surface area contributed by atoms with Crippen molar-refractivity contribution in [2.75, 3.05) is 6.54 Å². The van der Waals surface area contributed by atoms with Gasteiger partial charge in [-0.1, -0.05) is 52.4 Å². The van der Waals surface area contributed by atoms with Crippen LogP contribution in [0.2, 0.25) is 0 Å². The number of hydrogen-bond acceptors (Lipinski definition) is 5. The Balaban J connectivity index is 0.00000235. The zero-order valence-corrected chi connectivity index (χ0v) is 23.0. The van der Waals surface area contributed by atoms with Crippen molar-refractivity contribution in [1.82, 2.24) is 20.9 Å². The number of urea groups is 1. The molecule has 1 heterocycles. The van der Waals surface area contributed by atoms with Crippen molar-refractivity contribution in [1.29, 1.82) is 0 Å². The first-order valence-corrected chi connectivity index (χ1v) is 14.2. The van der Waals surface area contributed by atoms with Crippen molar-refractivity contribution in [2.24, 2.45) is 17.6 Å². The van der Waals surface area contributed by atoms with Crippen LogP contribution in [-0.2, 0) is 19.2 Å². The van der Waals surface area contributed by atoms with Gasteiger partial charge < -0.3 is 26.6 Å². The lowest BCUT2D eigenvalue weighted by atomic mass is 9.80. The van der Waals surface area contributed by atoms with Crippen molar-refractivity contribution < 1.29 is 24.0 Å². The number of hydrogen-bond donors (Lipinski definition) is 4. The summed E-state index contributed by atoms with van der Waals surface area (Å²) in [5.41, 5.74) is 5.23. The summed E-state index contributed by atoms with van der Waals surface area (Å²) in [6.07, 6.45) is 9.30. The molecule has 0 aromatic carbocycles. The zero-order valence-electron chi connectivity index (χ0n) is 23.0. The standard InChI is InChI=1S/C25H41N5O5.C2H6/c1-15(2)27-25(35)29-20(17-10-4-3-5-11-17)24(34)30-13-7-12-19(30)23(33)28-18(21(31)22(26)32)14-16-8-6-9-16;1-2/h15-20H,3-14H2,1-2H3,(H2,26,32)(H,28,33)(H2,27,29,35);1-2H3. The van der Waals surface area contributed by atoms with E-state index in [4.69, 9.17) is 5.73 Å². The van der Waals surface area contributed by atoms with Gasteiger partial charge in [0.25, 0.3) is 5.91 Å². The lowest BCUT2D eigenvalue weighted by molar-refractivity contribution is -0.143. The van der Waals surface area contributed by atoms with E-state index >= 15 is 0 Å². The van der Waals surface area contributed by atoms with Crippen molar-refractivity contribution in [2.45, 2.75) is 122 Å². The molecule has 0 bridgehead atoms. The quantitative estimate of drug-likeness (QED) is 0.326. The summed E-state index contributed by atoms with van der Waals surface area (Å²) in [5, 5.41) is 8.40. The highest BCUT2D eigenvalue weighted by atomic mass is 16.2. The van der Waals surface area contributed by atoms with Gasteiger partial charge in [0.15, 0.2) is 0 Å². The van der Waals surface area contributed by atoms with Gasteiger partial charge in [-0.05, 0) is 57.8 Å². The third kappa shape index (κ3) is 8.71. The lowest BCUT2D eigenvalue weighted by Gasteiger charge is -2.35. The van der Waals surface area contributed by atoms with Crippen LogP contribution in [0.3, 0.4) is 0 Å². The number of nitrogens with zero attached hydrogens (tertiary/aromatic N) is 1. The molecule has 1 aliphatic heterocycles. The molecular formula is C27H47N5O5. The minimum absolute atomic E-state index is 0.0151. The molecule has 3 atom stereocenters. The second kappa shape index (κ2) is 14.9. The third-order valence-electron chi connectivity index (χ3n) is 7.60. The average molecular weight is 522 g/mol. The van der Waals surface area contributed by atoms with E-state index in [0.29, 0.717) is 25.8 Å². The van der Waals surface area contributed by atoms with E-state index in [0.717, 1.165) is 51.4 Å². The predicted octanol–water partition coefficient (Wildman–Crippen LogP) is 2.39. The molecule has 0 radical (unpaired) electrons. The number of rotatable bonds is 10. The Morgan fingerprint density at radius 1 is 0.838 bits per heavy atom. The number of likely N-dealkylation sites (tertiary alicyclic amines) is 1. The number of Topliss-reactive ketones (excluding diaryl/α,β-unsaturated/α-hetero) is 1. The lowest BCUT2D eigenvalue weighted by Crippen LogP contribution is -2.59. The highest BCUT2D eigenvalue weighted by molar-refractivity contribution is 6.37. The molecular weight excluding hydrogens is 474 g/mol. The largest absolute Gasteiger partial charge is 0.363 e. The number of ketones is 1. The fourth-order valence-electron chi connectivity index (χ4n) is 5.51. The van der Waals surface area contributed by atoms with E-state index in [1.807, 2.05) is 27.7 Å². The number of primary amides is 1. The minimum Gasteiger partial charge on any atom is -0.363 e. The molecule has 10 nitrogen and oxygen atoms in total. The summed E-state index contributed by atoms with van der Waals surface area (Å²) in [5.74, 6) is -2.26. The molecule has 37 heavy (non-hydrogen) atoms. The summed E-state index contributed by atoms with van der Waals surface area (Å²) in [6.45, 7) is 8.11. The fourth-order valence-corrected chi connectivity index (χ4v) is 5.51. The SMILES string of the molecule is CC.CC(C)NC(=O)NC(C(=O)N1CCCC1C(=O)NC(CC1CCC1)C(=O)C(N)=O)C1CCCCC1. The highest BCUT2D eigenvalue weighted by Gasteiger charge is 2.42. The molecule has 2 aliphatic carbocycles. The fraction of sp³-hybridized carbons (Fsp3) is 0.815. The van der Waals surface area contributed by atoms with Crippen molar-refractivity contribution in [3.63, 3.8) is 0 Å². The molecule has 1 saturated heterocycles. The Hall–Kier alpha value is -2.65. The van der Waals surface area contributed by atoms with Crippen LogP contribution in [0.15, 0.2) is 0 Å². The van der Waals surface area contributed by atoms with Gasteiger partial charge in [-0.3, -0.25) is 19.2 Å². The van der Waals surface area contributed by atoms with E-state index in [1.165, 1.54) is 0 Å². The molecule has 3 fully saturated rings. The number of carbonyl (C=O) groups is 5. The first-order chi connectivity index (χ1) is 17.7. The van der Waals surface area contributed by atoms with E-state index in [2.05, 4.69) is 16.0 Å². The zero-order chi connectivity index (χ0) is 27.5. The van der Waals surface area contributed by atoms with Crippen LogP contribution in [-0.4, -0.2) is 65.1 Å². The second-order valence-electron chi connectivity index (χ2n) is 10.7. The van der Waals surface area contributed by atoms with E-state index in [-0.39, 0.29) is 23.8 Å². The maximum Gasteiger partial charge on any atom is 0.315 e. The Morgan fingerprint density at radius 3 is 2.03 bits per heavy atom. The Bertz CT molecular complexity index is 807. The van der Waals surface area contributed by atoms with Crippen LogP contribution in [0.5, 0.6) is 0 Å².